The number of hydrogen-bond acceptors (Lipinski definition) is 6. The number of carbonyl (C=O) groups excluding carboxylic acids is 3. The van der Waals surface area contributed by atoms with Crippen molar-refractivity contribution in [1.29, 1.82) is 0 Å². The minimum atomic E-state index is -0.634. The summed E-state index contributed by atoms with van der Waals surface area (Å²) in [4.78, 5) is 37.9. The summed E-state index contributed by atoms with van der Waals surface area (Å²) in [5, 5.41) is 6.01. The van der Waals surface area contributed by atoms with Gasteiger partial charge in [-0.1, -0.05) is 41.9 Å². The van der Waals surface area contributed by atoms with Gasteiger partial charge in [0.1, 0.15) is 16.5 Å². The zero-order chi connectivity index (χ0) is 23.1. The molecule has 0 aliphatic carbocycles. The van der Waals surface area contributed by atoms with Gasteiger partial charge in [-0.25, -0.2) is 14.4 Å². The van der Waals surface area contributed by atoms with Crippen molar-refractivity contribution in [2.45, 2.75) is 20.5 Å². The summed E-state index contributed by atoms with van der Waals surface area (Å²) < 4.78 is 10.5. The molecule has 3 aromatic rings. The van der Waals surface area contributed by atoms with Crippen LogP contribution >= 0.6 is 22.9 Å². The molecule has 2 aromatic carbocycles. The van der Waals surface area contributed by atoms with Crippen LogP contribution < -0.4 is 10.6 Å². The summed E-state index contributed by atoms with van der Waals surface area (Å²) in [5.41, 5.74) is 1.85. The average Bonchev–Trinajstić information content (AvgIpc) is 3.10. The fourth-order valence-electron chi connectivity index (χ4n) is 2.83. The van der Waals surface area contributed by atoms with Crippen LogP contribution in [0.25, 0.3) is 0 Å². The van der Waals surface area contributed by atoms with Crippen LogP contribution in [0.1, 0.15) is 38.1 Å². The third kappa shape index (κ3) is 5.87. The minimum Gasteiger partial charge on any atom is -0.462 e. The number of anilines is 2. The molecular weight excluding hydrogens is 452 g/mol. The first kappa shape index (κ1) is 23.3. The van der Waals surface area contributed by atoms with Crippen LogP contribution in [0, 0.1) is 6.92 Å². The number of rotatable bonds is 7. The van der Waals surface area contributed by atoms with E-state index in [2.05, 4.69) is 10.6 Å². The Morgan fingerprint density at radius 1 is 0.938 bits per heavy atom. The van der Waals surface area contributed by atoms with Crippen molar-refractivity contribution in [3.8, 4) is 0 Å². The Bertz CT molecular complexity index is 1110. The number of halogens is 1. The quantitative estimate of drug-likeness (QED) is 0.418. The Labute approximate surface area is 194 Å². The third-order valence-corrected chi connectivity index (χ3v) is 5.79. The monoisotopic (exact) mass is 472 g/mol. The van der Waals surface area contributed by atoms with E-state index in [0.717, 1.165) is 16.9 Å². The molecular formula is C23H21ClN2O5S. The molecule has 166 valence electrons. The van der Waals surface area contributed by atoms with E-state index in [0.29, 0.717) is 16.3 Å². The number of hydrogen-bond donors (Lipinski definition) is 2. The van der Waals surface area contributed by atoms with Gasteiger partial charge < -0.3 is 14.8 Å². The molecule has 0 saturated carbocycles. The van der Waals surface area contributed by atoms with Gasteiger partial charge in [-0.2, -0.15) is 0 Å². The maximum atomic E-state index is 12.7. The van der Waals surface area contributed by atoms with Gasteiger partial charge in [-0.05, 0) is 49.2 Å². The molecule has 0 fully saturated rings. The highest BCUT2D eigenvalue weighted by Crippen LogP contribution is 2.34. The number of urea groups is 1. The number of benzene rings is 2. The van der Waals surface area contributed by atoms with Crippen LogP contribution in [0.5, 0.6) is 0 Å². The molecule has 3 rings (SSSR count). The lowest BCUT2D eigenvalue weighted by molar-refractivity contribution is 0.0477. The first-order valence-corrected chi connectivity index (χ1v) is 10.9. The highest BCUT2D eigenvalue weighted by molar-refractivity contribution is 7.18. The van der Waals surface area contributed by atoms with Gasteiger partial charge in [0, 0.05) is 10.7 Å². The molecule has 7 nitrogen and oxygen atoms in total. The summed E-state index contributed by atoms with van der Waals surface area (Å²) in [6.45, 7) is 3.53. The second kappa shape index (κ2) is 10.8. The Hall–Kier alpha value is -3.36. The molecule has 0 aliphatic rings. The highest BCUT2D eigenvalue weighted by atomic mass is 35.5. The summed E-state index contributed by atoms with van der Waals surface area (Å²) in [7, 11) is 0. The van der Waals surface area contributed by atoms with E-state index >= 15 is 0 Å². The molecule has 0 radical (unpaired) electrons. The maximum Gasteiger partial charge on any atom is 0.349 e. The van der Waals surface area contributed by atoms with Gasteiger partial charge in [0.25, 0.3) is 0 Å². The van der Waals surface area contributed by atoms with E-state index in [4.69, 9.17) is 21.1 Å². The van der Waals surface area contributed by atoms with E-state index in [1.165, 1.54) is 0 Å². The summed E-state index contributed by atoms with van der Waals surface area (Å²) in [5.74, 6) is -1.22. The van der Waals surface area contributed by atoms with Gasteiger partial charge in [-0.15, -0.1) is 11.3 Å². The summed E-state index contributed by atoms with van der Waals surface area (Å²) in [6, 6.07) is 15.2. The van der Waals surface area contributed by atoms with Gasteiger partial charge in [0.2, 0.25) is 0 Å². The molecule has 0 spiro atoms. The van der Waals surface area contributed by atoms with Crippen molar-refractivity contribution >= 4 is 51.6 Å². The second-order valence-corrected chi connectivity index (χ2v) is 8.09. The highest BCUT2D eigenvalue weighted by Gasteiger charge is 2.27. The molecule has 0 atom stereocenters. The predicted molar refractivity (Wildman–Crippen MR) is 125 cm³/mol. The lowest BCUT2D eigenvalue weighted by Gasteiger charge is -2.08. The van der Waals surface area contributed by atoms with Crippen LogP contribution in [0.2, 0.25) is 5.02 Å². The first-order valence-electron chi connectivity index (χ1n) is 9.74. The number of esters is 2. The SMILES string of the molecule is CCOC(=O)c1c(NC(=O)Nc2ccc(Cl)cc2)sc(C(=O)OCc2ccccc2)c1C. The zero-order valence-corrected chi connectivity index (χ0v) is 19.0. The Kier molecular flexibility index (Phi) is 7.86. The smallest absolute Gasteiger partial charge is 0.349 e. The number of amides is 2. The molecule has 0 aliphatic heterocycles. The number of thiophene rings is 1. The molecule has 2 amide bonds. The van der Waals surface area contributed by atoms with Crippen molar-refractivity contribution < 1.29 is 23.9 Å². The van der Waals surface area contributed by atoms with Crippen molar-refractivity contribution in [2.24, 2.45) is 0 Å². The van der Waals surface area contributed by atoms with Crippen molar-refractivity contribution in [3.63, 3.8) is 0 Å². The molecule has 0 saturated heterocycles. The largest absolute Gasteiger partial charge is 0.462 e. The summed E-state index contributed by atoms with van der Waals surface area (Å²) in [6.07, 6.45) is 0. The number of nitrogens with one attached hydrogen (secondary N) is 2. The van der Waals surface area contributed by atoms with Gasteiger partial charge in [0.05, 0.1) is 12.2 Å². The van der Waals surface area contributed by atoms with Crippen molar-refractivity contribution in [1.82, 2.24) is 0 Å². The van der Waals surface area contributed by atoms with Crippen LogP contribution in [-0.4, -0.2) is 24.6 Å². The van der Waals surface area contributed by atoms with Crippen LogP contribution in [0.15, 0.2) is 54.6 Å². The standard InChI is InChI=1S/C23H21ClN2O5S/c1-3-30-21(27)18-14(2)19(22(28)31-13-15-7-5-4-6-8-15)32-20(18)26-23(29)25-17-11-9-16(24)10-12-17/h4-12H,3,13H2,1-2H3,(H2,25,26,29). The predicted octanol–water partition coefficient (Wildman–Crippen LogP) is 5.89. The van der Waals surface area contributed by atoms with Crippen LogP contribution in [0.4, 0.5) is 15.5 Å². The van der Waals surface area contributed by atoms with Crippen LogP contribution in [-0.2, 0) is 16.1 Å². The lowest BCUT2D eigenvalue weighted by Crippen LogP contribution is -2.20. The Balaban J connectivity index is 1.80. The fraction of sp³-hybridized carbons (Fsp3) is 0.174. The summed E-state index contributed by atoms with van der Waals surface area (Å²) >= 11 is 6.81. The maximum absolute atomic E-state index is 12.7. The molecule has 9 heteroatoms. The van der Waals surface area contributed by atoms with E-state index in [1.54, 1.807) is 38.1 Å². The molecule has 0 bridgehead atoms. The number of ether oxygens (including phenoxy) is 2. The third-order valence-electron chi connectivity index (χ3n) is 4.35. The Morgan fingerprint density at radius 3 is 2.28 bits per heavy atom. The minimum absolute atomic E-state index is 0.0889. The van der Waals surface area contributed by atoms with E-state index in [1.807, 2.05) is 30.3 Å². The average molecular weight is 473 g/mol. The Morgan fingerprint density at radius 2 is 1.62 bits per heavy atom. The van der Waals surface area contributed by atoms with Crippen LogP contribution in [0.3, 0.4) is 0 Å². The van der Waals surface area contributed by atoms with E-state index in [9.17, 15) is 14.4 Å². The van der Waals surface area contributed by atoms with Crippen molar-refractivity contribution in [2.75, 3.05) is 17.2 Å². The van der Waals surface area contributed by atoms with E-state index in [-0.39, 0.29) is 28.7 Å². The molecule has 1 heterocycles. The van der Waals surface area contributed by atoms with Gasteiger partial charge >= 0.3 is 18.0 Å². The lowest BCUT2D eigenvalue weighted by atomic mass is 10.1. The molecule has 2 N–H and O–H groups in total. The molecule has 0 unspecified atom stereocenters. The van der Waals surface area contributed by atoms with Gasteiger partial charge in [-0.3, -0.25) is 5.32 Å². The van der Waals surface area contributed by atoms with Gasteiger partial charge in [0.15, 0.2) is 0 Å². The molecule has 1 aromatic heterocycles. The first-order chi connectivity index (χ1) is 15.4. The number of carbonyl (C=O) groups is 3. The molecule has 32 heavy (non-hydrogen) atoms. The normalized spacial score (nSPS) is 10.3. The topological polar surface area (TPSA) is 93.7 Å². The van der Waals surface area contributed by atoms with E-state index < -0.39 is 18.0 Å². The second-order valence-electron chi connectivity index (χ2n) is 6.63. The fourth-order valence-corrected chi connectivity index (χ4v) is 4.04. The zero-order valence-electron chi connectivity index (χ0n) is 17.4. The van der Waals surface area contributed by atoms with Crippen molar-refractivity contribution in [3.05, 3.63) is 81.2 Å².